The van der Waals surface area contributed by atoms with Crippen molar-refractivity contribution in [3.63, 3.8) is 0 Å². The topological polar surface area (TPSA) is 99.7 Å². The summed E-state index contributed by atoms with van der Waals surface area (Å²) in [7, 11) is 0. The number of nitrogens with two attached hydrogens (primary N) is 2. The summed E-state index contributed by atoms with van der Waals surface area (Å²) in [6, 6.07) is 15.7. The Morgan fingerprint density at radius 3 is 1.31 bits per heavy atom. The van der Waals surface area contributed by atoms with Crippen molar-refractivity contribution in [2.75, 3.05) is 11.5 Å². The number of rotatable bonds is 10. The Kier molecular flexibility index (Phi) is 10.2. The normalized spacial score (nSPS) is 10.2. The average Bonchev–Trinajstić information content (AvgIpc) is 2.61. The van der Waals surface area contributed by atoms with E-state index in [1.165, 1.54) is 29.1 Å². The van der Waals surface area contributed by atoms with Crippen LogP contribution in [0.1, 0.15) is 30.4 Å². The van der Waals surface area contributed by atoms with E-state index in [-0.39, 0.29) is 24.1 Å². The van der Waals surface area contributed by atoms with Gasteiger partial charge in [0.2, 0.25) is 0 Å². The number of halogens is 1. The quantitative estimate of drug-likeness (QED) is 0.197. The Bertz CT molecular complexity index is 641. The summed E-state index contributed by atoms with van der Waals surface area (Å²) < 4.78 is 0. The summed E-state index contributed by atoms with van der Waals surface area (Å²) in [4.78, 5) is 2.45. The minimum Gasteiger partial charge on any atom is -0.384 e. The predicted octanol–water partition coefficient (Wildman–Crippen LogP) is 4.73. The minimum atomic E-state index is 0. The molecule has 0 fully saturated rings. The fourth-order valence-electron chi connectivity index (χ4n) is 2.22. The molecule has 0 aromatic heterocycles. The Hall–Kier alpha value is -1.63. The van der Waals surface area contributed by atoms with Gasteiger partial charge in [-0.2, -0.15) is 0 Å². The van der Waals surface area contributed by atoms with Crippen molar-refractivity contribution in [3.8, 4) is 0 Å². The van der Waals surface area contributed by atoms with E-state index in [1.807, 2.05) is 72.1 Å². The summed E-state index contributed by atoms with van der Waals surface area (Å²) in [5.74, 6) is 2.45. The van der Waals surface area contributed by atoms with Crippen molar-refractivity contribution >= 4 is 47.6 Å². The molecule has 6 N–H and O–H groups in total. The summed E-state index contributed by atoms with van der Waals surface area (Å²) in [6.07, 6.45) is 3.61. The van der Waals surface area contributed by atoms with Crippen LogP contribution < -0.4 is 11.5 Å². The van der Waals surface area contributed by atoms with Crippen LogP contribution in [0.15, 0.2) is 58.3 Å². The molecule has 2 aromatic rings. The first kappa shape index (κ1) is 22.4. The van der Waals surface area contributed by atoms with Gasteiger partial charge in [-0.15, -0.1) is 35.9 Å². The van der Waals surface area contributed by atoms with Gasteiger partial charge in [0, 0.05) is 20.9 Å². The van der Waals surface area contributed by atoms with Crippen LogP contribution >= 0.6 is 35.9 Å². The Balaban J connectivity index is 0.00000338. The Labute approximate surface area is 169 Å². The van der Waals surface area contributed by atoms with Crippen molar-refractivity contribution in [1.82, 2.24) is 0 Å². The lowest BCUT2D eigenvalue weighted by Crippen LogP contribution is -2.10. The molecule has 0 saturated heterocycles. The highest BCUT2D eigenvalue weighted by atomic mass is 35.5. The van der Waals surface area contributed by atoms with Crippen LogP contribution in [0.2, 0.25) is 0 Å². The lowest BCUT2D eigenvalue weighted by molar-refractivity contribution is 0.785. The molecule has 0 amide bonds. The van der Waals surface area contributed by atoms with E-state index in [0.29, 0.717) is 0 Å². The number of nitrogen functional groups attached to an aromatic ring is 2. The number of unbranched alkanes of at least 4 members (excludes halogenated alkanes) is 2. The predicted molar refractivity (Wildman–Crippen MR) is 117 cm³/mol. The maximum Gasteiger partial charge on any atom is 0.122 e. The first-order chi connectivity index (χ1) is 12.1. The second-order valence-electron chi connectivity index (χ2n) is 5.63. The van der Waals surface area contributed by atoms with Crippen molar-refractivity contribution in [1.29, 1.82) is 10.8 Å². The fraction of sp³-hybridized carbons (Fsp3) is 0.263. The summed E-state index contributed by atoms with van der Waals surface area (Å²) in [5, 5.41) is 14.8. The van der Waals surface area contributed by atoms with Crippen LogP contribution in [0.5, 0.6) is 0 Å². The van der Waals surface area contributed by atoms with E-state index in [4.69, 9.17) is 22.3 Å². The van der Waals surface area contributed by atoms with Gasteiger partial charge in [-0.1, -0.05) is 30.7 Å². The molecule has 0 spiro atoms. The number of hydrogen-bond acceptors (Lipinski definition) is 4. The van der Waals surface area contributed by atoms with E-state index >= 15 is 0 Å². The molecule has 0 saturated carbocycles. The lowest BCUT2D eigenvalue weighted by Gasteiger charge is -2.05. The van der Waals surface area contributed by atoms with Crippen molar-refractivity contribution in [2.24, 2.45) is 11.5 Å². The van der Waals surface area contributed by atoms with Gasteiger partial charge < -0.3 is 11.5 Å². The molecule has 0 radical (unpaired) electrons. The molecule has 0 aliphatic rings. The average molecular weight is 409 g/mol. The number of amidine groups is 2. The van der Waals surface area contributed by atoms with E-state index in [2.05, 4.69) is 0 Å². The zero-order valence-electron chi connectivity index (χ0n) is 14.5. The van der Waals surface area contributed by atoms with Gasteiger partial charge in [0.15, 0.2) is 0 Å². The molecule has 0 heterocycles. The third-order valence-corrected chi connectivity index (χ3v) is 5.85. The van der Waals surface area contributed by atoms with Gasteiger partial charge >= 0.3 is 0 Å². The van der Waals surface area contributed by atoms with Crippen LogP contribution in [-0.2, 0) is 0 Å². The van der Waals surface area contributed by atoms with Gasteiger partial charge in [0.1, 0.15) is 11.7 Å². The molecular formula is C19H25ClN4S2. The van der Waals surface area contributed by atoms with Crippen LogP contribution in [-0.4, -0.2) is 23.2 Å². The second kappa shape index (κ2) is 11.9. The SMILES string of the molecule is Cl.N=C(N)c1ccc(SCCCCCSc2ccc(C(=N)N)cc2)cc1. The third-order valence-electron chi connectivity index (χ3n) is 3.66. The van der Waals surface area contributed by atoms with Gasteiger partial charge in [-0.05, 0) is 48.6 Å². The van der Waals surface area contributed by atoms with Gasteiger partial charge in [0.25, 0.3) is 0 Å². The molecule has 4 nitrogen and oxygen atoms in total. The highest BCUT2D eigenvalue weighted by molar-refractivity contribution is 7.99. The number of hydrogen-bond donors (Lipinski definition) is 4. The van der Waals surface area contributed by atoms with Gasteiger partial charge in [0.05, 0.1) is 0 Å². The number of thioether (sulfide) groups is 2. The van der Waals surface area contributed by atoms with Crippen LogP contribution in [0.4, 0.5) is 0 Å². The highest BCUT2D eigenvalue weighted by Gasteiger charge is 2.00. The van der Waals surface area contributed by atoms with E-state index in [1.54, 1.807) is 0 Å². The van der Waals surface area contributed by atoms with E-state index < -0.39 is 0 Å². The summed E-state index contributed by atoms with van der Waals surface area (Å²) in [5.41, 5.74) is 12.5. The molecule has 2 aromatic carbocycles. The van der Waals surface area contributed by atoms with Crippen molar-refractivity contribution in [3.05, 3.63) is 59.7 Å². The Morgan fingerprint density at radius 2 is 1.00 bits per heavy atom. The molecule has 7 heteroatoms. The summed E-state index contributed by atoms with van der Waals surface area (Å²) in [6.45, 7) is 0. The molecule has 2 rings (SSSR count). The van der Waals surface area contributed by atoms with Crippen molar-refractivity contribution in [2.45, 2.75) is 29.1 Å². The lowest BCUT2D eigenvalue weighted by atomic mass is 10.2. The Morgan fingerprint density at radius 1 is 0.654 bits per heavy atom. The van der Waals surface area contributed by atoms with Crippen molar-refractivity contribution < 1.29 is 0 Å². The maximum atomic E-state index is 7.38. The third kappa shape index (κ3) is 7.72. The molecule has 0 aliphatic carbocycles. The monoisotopic (exact) mass is 408 g/mol. The number of nitrogens with one attached hydrogen (secondary N) is 2. The van der Waals surface area contributed by atoms with Gasteiger partial charge in [-0.25, -0.2) is 0 Å². The zero-order valence-corrected chi connectivity index (χ0v) is 17.0. The second-order valence-corrected chi connectivity index (χ2v) is 7.97. The highest BCUT2D eigenvalue weighted by Crippen LogP contribution is 2.22. The number of benzene rings is 2. The zero-order chi connectivity index (χ0) is 18.1. The largest absolute Gasteiger partial charge is 0.384 e. The van der Waals surface area contributed by atoms with E-state index in [9.17, 15) is 0 Å². The standard InChI is InChI=1S/C19H24N4S2.ClH/c20-18(21)14-4-8-16(9-5-14)24-12-2-1-3-13-25-17-10-6-15(7-11-17)19(22)23;/h4-11H,1-3,12-13H2,(H3,20,21)(H3,22,23);1H. The smallest absolute Gasteiger partial charge is 0.122 e. The van der Waals surface area contributed by atoms with E-state index in [0.717, 1.165) is 22.6 Å². The molecule has 26 heavy (non-hydrogen) atoms. The van der Waals surface area contributed by atoms with Crippen LogP contribution in [0.25, 0.3) is 0 Å². The van der Waals surface area contributed by atoms with Gasteiger partial charge in [-0.3, -0.25) is 10.8 Å². The maximum absolute atomic E-state index is 7.38. The summed E-state index contributed by atoms with van der Waals surface area (Å²) >= 11 is 3.70. The van der Waals surface area contributed by atoms with Crippen LogP contribution in [0, 0.1) is 10.8 Å². The first-order valence-electron chi connectivity index (χ1n) is 8.21. The molecule has 0 atom stereocenters. The molecule has 0 bridgehead atoms. The molecular weight excluding hydrogens is 384 g/mol. The fourth-order valence-corrected chi connectivity index (χ4v) is 4.05. The molecule has 140 valence electrons. The first-order valence-corrected chi connectivity index (χ1v) is 10.2. The van der Waals surface area contributed by atoms with Crippen LogP contribution in [0.3, 0.4) is 0 Å². The minimum absolute atomic E-state index is 0. The molecule has 0 unspecified atom stereocenters. The molecule has 0 aliphatic heterocycles.